The molecule has 0 aliphatic carbocycles. The second kappa shape index (κ2) is 5.91. The molecule has 1 aromatic carbocycles. The van der Waals surface area contributed by atoms with E-state index in [2.05, 4.69) is 10.4 Å². The molecule has 0 bridgehead atoms. The van der Waals surface area contributed by atoms with E-state index in [-0.39, 0.29) is 0 Å². The van der Waals surface area contributed by atoms with E-state index in [9.17, 15) is 9.59 Å². The van der Waals surface area contributed by atoms with E-state index in [1.807, 2.05) is 25.1 Å². The molecule has 21 heavy (non-hydrogen) atoms. The molecular formula is C16H19N3O2. The summed E-state index contributed by atoms with van der Waals surface area (Å²) in [5.41, 5.74) is 3.31. The van der Waals surface area contributed by atoms with Crippen LogP contribution in [0.2, 0.25) is 0 Å². The summed E-state index contributed by atoms with van der Waals surface area (Å²) in [6, 6.07) is 7.47. The van der Waals surface area contributed by atoms with Gasteiger partial charge < -0.3 is 5.32 Å². The van der Waals surface area contributed by atoms with Crippen LogP contribution >= 0.6 is 0 Å². The monoisotopic (exact) mass is 285 g/mol. The first-order chi connectivity index (χ1) is 9.95. The van der Waals surface area contributed by atoms with Crippen molar-refractivity contribution >= 4 is 17.4 Å². The highest BCUT2D eigenvalue weighted by atomic mass is 16.2. The number of ketones is 1. The van der Waals surface area contributed by atoms with Crippen molar-refractivity contribution in [2.24, 2.45) is 7.05 Å². The fourth-order valence-electron chi connectivity index (χ4n) is 2.35. The van der Waals surface area contributed by atoms with Crippen LogP contribution in [-0.4, -0.2) is 21.5 Å². The van der Waals surface area contributed by atoms with Crippen molar-refractivity contribution in [2.75, 3.05) is 5.32 Å². The zero-order chi connectivity index (χ0) is 15.6. The van der Waals surface area contributed by atoms with Crippen molar-refractivity contribution in [3.63, 3.8) is 0 Å². The molecule has 0 aliphatic heterocycles. The Bertz CT molecular complexity index is 702. The molecular weight excluding hydrogens is 266 g/mol. The van der Waals surface area contributed by atoms with Gasteiger partial charge in [0.05, 0.1) is 11.3 Å². The average Bonchev–Trinajstić information content (AvgIpc) is 2.72. The number of aryl methyl sites for hydroxylation is 3. The summed E-state index contributed by atoms with van der Waals surface area (Å²) in [4.78, 5) is 24.5. The Hall–Kier alpha value is -2.43. The van der Waals surface area contributed by atoms with Crippen LogP contribution in [0, 0.1) is 13.8 Å². The first-order valence-corrected chi connectivity index (χ1v) is 6.89. The van der Waals surface area contributed by atoms with Crippen LogP contribution in [0.15, 0.2) is 24.3 Å². The van der Waals surface area contributed by atoms with E-state index in [1.54, 1.807) is 31.6 Å². The third-order valence-electron chi connectivity index (χ3n) is 3.59. The second-order valence-electron chi connectivity index (χ2n) is 4.96. The Balaban J connectivity index is 2.26. The van der Waals surface area contributed by atoms with E-state index in [4.69, 9.17) is 0 Å². The molecule has 0 unspecified atom stereocenters. The minimum atomic E-state index is -0.630. The molecule has 1 heterocycles. The number of hydrogen-bond acceptors (Lipinski definition) is 3. The molecule has 0 saturated heterocycles. The number of aromatic nitrogens is 2. The number of hydrogen-bond donors (Lipinski definition) is 1. The quantitative estimate of drug-likeness (QED) is 0.693. The number of benzene rings is 1. The molecule has 0 fully saturated rings. The first kappa shape index (κ1) is 15.0. The molecule has 0 aliphatic rings. The van der Waals surface area contributed by atoms with Gasteiger partial charge in [-0.2, -0.15) is 5.10 Å². The van der Waals surface area contributed by atoms with Crippen LogP contribution in [0.1, 0.15) is 34.2 Å². The lowest BCUT2D eigenvalue weighted by molar-refractivity contribution is -0.112. The number of Topliss-reactive ketones (excluding diaryl/α,β-unsaturated/α-hetero) is 1. The molecule has 2 rings (SSSR count). The molecule has 110 valence electrons. The SMILES string of the molecule is CCc1ccccc1NC(=O)C(=O)c1c(C)nn(C)c1C. The van der Waals surface area contributed by atoms with Gasteiger partial charge in [-0.1, -0.05) is 25.1 Å². The van der Waals surface area contributed by atoms with Crippen molar-refractivity contribution in [1.82, 2.24) is 9.78 Å². The maximum absolute atomic E-state index is 12.3. The molecule has 0 spiro atoms. The normalized spacial score (nSPS) is 10.5. The lowest BCUT2D eigenvalue weighted by Gasteiger charge is -2.09. The van der Waals surface area contributed by atoms with Gasteiger partial charge in [0.25, 0.3) is 11.7 Å². The van der Waals surface area contributed by atoms with Gasteiger partial charge in [-0.25, -0.2) is 0 Å². The zero-order valence-corrected chi connectivity index (χ0v) is 12.7. The molecule has 5 heteroatoms. The first-order valence-electron chi connectivity index (χ1n) is 6.89. The number of carbonyl (C=O) groups excluding carboxylic acids is 2. The standard InChI is InChI=1S/C16H19N3O2/c1-5-12-8-6-7-9-13(12)17-16(21)15(20)14-10(2)18-19(4)11(14)3/h6-9H,5H2,1-4H3,(H,17,21). The fourth-order valence-corrected chi connectivity index (χ4v) is 2.35. The summed E-state index contributed by atoms with van der Waals surface area (Å²) in [5.74, 6) is -1.18. The summed E-state index contributed by atoms with van der Waals surface area (Å²) in [7, 11) is 1.75. The van der Waals surface area contributed by atoms with Gasteiger partial charge in [-0.3, -0.25) is 14.3 Å². The van der Waals surface area contributed by atoms with Gasteiger partial charge in [0.1, 0.15) is 0 Å². The van der Waals surface area contributed by atoms with Crippen molar-refractivity contribution in [3.8, 4) is 0 Å². The predicted molar refractivity (Wildman–Crippen MR) is 81.5 cm³/mol. The van der Waals surface area contributed by atoms with Crippen LogP contribution in [-0.2, 0) is 18.3 Å². The summed E-state index contributed by atoms with van der Waals surface area (Å²) in [5, 5.41) is 6.87. The third-order valence-corrected chi connectivity index (χ3v) is 3.59. The lowest BCUT2D eigenvalue weighted by Crippen LogP contribution is -2.24. The van der Waals surface area contributed by atoms with Gasteiger partial charge in [0.2, 0.25) is 0 Å². The van der Waals surface area contributed by atoms with Crippen molar-refractivity contribution in [1.29, 1.82) is 0 Å². The maximum atomic E-state index is 12.3. The molecule has 1 N–H and O–H groups in total. The van der Waals surface area contributed by atoms with E-state index in [1.165, 1.54) is 0 Å². The Kier molecular flexibility index (Phi) is 4.21. The van der Waals surface area contributed by atoms with Crippen LogP contribution < -0.4 is 5.32 Å². The van der Waals surface area contributed by atoms with E-state index in [0.717, 1.165) is 12.0 Å². The maximum Gasteiger partial charge on any atom is 0.296 e. The molecule has 5 nitrogen and oxygen atoms in total. The molecule has 0 atom stereocenters. The highest BCUT2D eigenvalue weighted by Gasteiger charge is 2.24. The highest BCUT2D eigenvalue weighted by Crippen LogP contribution is 2.17. The minimum absolute atomic E-state index is 0.379. The van der Waals surface area contributed by atoms with Crippen LogP contribution in [0.3, 0.4) is 0 Å². The smallest absolute Gasteiger partial charge is 0.296 e. The summed E-state index contributed by atoms with van der Waals surface area (Å²) in [6.45, 7) is 5.51. The minimum Gasteiger partial charge on any atom is -0.319 e. The van der Waals surface area contributed by atoms with Gasteiger partial charge in [-0.15, -0.1) is 0 Å². The number of carbonyl (C=O) groups is 2. The van der Waals surface area contributed by atoms with Crippen molar-refractivity contribution < 1.29 is 9.59 Å². The number of anilines is 1. The van der Waals surface area contributed by atoms with Crippen molar-refractivity contribution in [2.45, 2.75) is 27.2 Å². The van der Waals surface area contributed by atoms with Gasteiger partial charge in [0, 0.05) is 18.4 Å². The number of amides is 1. The third kappa shape index (κ3) is 2.86. The molecule has 1 amide bonds. The number of rotatable bonds is 4. The van der Waals surface area contributed by atoms with Gasteiger partial charge in [0.15, 0.2) is 0 Å². The largest absolute Gasteiger partial charge is 0.319 e. The molecule has 0 radical (unpaired) electrons. The zero-order valence-electron chi connectivity index (χ0n) is 12.7. The topological polar surface area (TPSA) is 64.0 Å². The predicted octanol–water partition coefficient (Wildman–Crippen LogP) is 2.42. The average molecular weight is 285 g/mol. The van der Waals surface area contributed by atoms with E-state index in [0.29, 0.717) is 22.6 Å². The fraction of sp³-hybridized carbons (Fsp3) is 0.312. The summed E-state index contributed by atoms with van der Waals surface area (Å²) in [6.07, 6.45) is 0.787. The molecule has 1 aromatic heterocycles. The van der Waals surface area contributed by atoms with Gasteiger partial charge >= 0.3 is 0 Å². The van der Waals surface area contributed by atoms with Crippen molar-refractivity contribution in [3.05, 3.63) is 46.8 Å². The highest BCUT2D eigenvalue weighted by molar-refractivity contribution is 6.47. The van der Waals surface area contributed by atoms with Gasteiger partial charge in [-0.05, 0) is 31.9 Å². The molecule has 0 saturated carbocycles. The number of nitrogens with zero attached hydrogens (tertiary/aromatic N) is 2. The Labute approximate surface area is 124 Å². The number of para-hydroxylation sites is 1. The molecule has 2 aromatic rings. The van der Waals surface area contributed by atoms with E-state index < -0.39 is 11.7 Å². The van der Waals surface area contributed by atoms with Crippen LogP contribution in [0.5, 0.6) is 0 Å². The van der Waals surface area contributed by atoms with Crippen LogP contribution in [0.4, 0.5) is 5.69 Å². The summed E-state index contributed by atoms with van der Waals surface area (Å²) < 4.78 is 1.61. The summed E-state index contributed by atoms with van der Waals surface area (Å²) >= 11 is 0. The second-order valence-corrected chi connectivity index (χ2v) is 4.96. The Morgan fingerprint density at radius 3 is 2.48 bits per heavy atom. The van der Waals surface area contributed by atoms with E-state index >= 15 is 0 Å². The van der Waals surface area contributed by atoms with Crippen LogP contribution in [0.25, 0.3) is 0 Å². The lowest BCUT2D eigenvalue weighted by atomic mass is 10.1. The Morgan fingerprint density at radius 1 is 1.24 bits per heavy atom. The number of nitrogens with one attached hydrogen (secondary N) is 1. The Morgan fingerprint density at radius 2 is 1.90 bits per heavy atom.